The molecule has 2 rings (SSSR count). The average Bonchev–Trinajstić information content (AvgIpc) is 2.96. The van der Waals surface area contributed by atoms with Crippen molar-refractivity contribution in [3.05, 3.63) is 23.8 Å². The molecule has 1 heterocycles. The normalized spacial score (nSPS) is 16.6. The Kier molecular flexibility index (Phi) is 5.29. The molecule has 0 radical (unpaired) electrons. The molecular weight excluding hydrogens is 298 g/mol. The van der Waals surface area contributed by atoms with Crippen LogP contribution in [0.25, 0.3) is 0 Å². The Morgan fingerprint density at radius 3 is 2.78 bits per heavy atom. The lowest BCUT2D eigenvalue weighted by Crippen LogP contribution is -2.34. The maximum atomic E-state index is 11.7. The maximum absolute atomic E-state index is 11.7. The summed E-state index contributed by atoms with van der Waals surface area (Å²) in [6.07, 6.45) is 2.53. The molecular formula is C15H19N5O3. The maximum Gasteiger partial charge on any atom is 0.258 e. The molecule has 0 fully saturated rings. The van der Waals surface area contributed by atoms with E-state index in [2.05, 4.69) is 26.0 Å². The highest BCUT2D eigenvalue weighted by atomic mass is 16.3. The number of phenolic OH excluding ortho intramolecular Hbond substituents is 1. The second-order valence-corrected chi connectivity index (χ2v) is 4.88. The van der Waals surface area contributed by atoms with Gasteiger partial charge in [0.05, 0.1) is 6.21 Å². The van der Waals surface area contributed by atoms with Crippen LogP contribution >= 0.6 is 0 Å². The van der Waals surface area contributed by atoms with E-state index in [0.717, 1.165) is 18.8 Å². The minimum atomic E-state index is -0.981. The zero-order valence-electron chi connectivity index (χ0n) is 13.0. The van der Waals surface area contributed by atoms with Crippen LogP contribution in [-0.4, -0.2) is 42.4 Å². The lowest BCUT2D eigenvalue weighted by molar-refractivity contribution is -0.131. The molecule has 0 saturated carbocycles. The Bertz CT molecular complexity index is 653. The molecule has 0 aromatic heterocycles. The molecule has 0 bridgehead atoms. The van der Waals surface area contributed by atoms with Crippen molar-refractivity contribution in [2.45, 2.75) is 13.8 Å². The smallest absolute Gasteiger partial charge is 0.258 e. The second kappa shape index (κ2) is 7.39. The van der Waals surface area contributed by atoms with Gasteiger partial charge in [0.1, 0.15) is 5.75 Å². The van der Waals surface area contributed by atoms with Crippen molar-refractivity contribution in [2.75, 3.05) is 18.0 Å². The SMILES string of the molecule is CCN(CC)c1ccc(C=NNC(=O)C2C=NNC2=O)c(O)c1. The van der Waals surface area contributed by atoms with Crippen molar-refractivity contribution in [1.82, 2.24) is 10.9 Å². The second-order valence-electron chi connectivity index (χ2n) is 4.88. The van der Waals surface area contributed by atoms with Gasteiger partial charge in [-0.25, -0.2) is 10.9 Å². The number of carbonyl (C=O) groups is 2. The number of hydrogen-bond donors (Lipinski definition) is 3. The Hall–Kier alpha value is -2.90. The summed E-state index contributed by atoms with van der Waals surface area (Å²) in [4.78, 5) is 25.1. The lowest BCUT2D eigenvalue weighted by atomic mass is 10.1. The summed E-state index contributed by atoms with van der Waals surface area (Å²) >= 11 is 0. The number of hydrazone groups is 2. The summed E-state index contributed by atoms with van der Waals surface area (Å²) in [6.45, 7) is 5.75. The van der Waals surface area contributed by atoms with Crippen LogP contribution in [-0.2, 0) is 9.59 Å². The number of amides is 2. The third-order valence-corrected chi connectivity index (χ3v) is 3.48. The molecule has 1 aromatic rings. The minimum Gasteiger partial charge on any atom is -0.507 e. The van der Waals surface area contributed by atoms with Crippen LogP contribution in [0, 0.1) is 5.92 Å². The topological polar surface area (TPSA) is 106 Å². The molecule has 1 aliphatic heterocycles. The van der Waals surface area contributed by atoms with Crippen LogP contribution in [0.4, 0.5) is 5.69 Å². The number of rotatable bonds is 6. The first-order valence-electron chi connectivity index (χ1n) is 7.30. The van der Waals surface area contributed by atoms with Crippen molar-refractivity contribution in [2.24, 2.45) is 16.1 Å². The number of carbonyl (C=O) groups excluding carboxylic acids is 2. The van der Waals surface area contributed by atoms with Crippen molar-refractivity contribution in [3.63, 3.8) is 0 Å². The van der Waals surface area contributed by atoms with Gasteiger partial charge in [-0.15, -0.1) is 0 Å². The van der Waals surface area contributed by atoms with E-state index >= 15 is 0 Å². The van der Waals surface area contributed by atoms with E-state index in [9.17, 15) is 14.7 Å². The Morgan fingerprint density at radius 2 is 2.22 bits per heavy atom. The number of aromatic hydroxyl groups is 1. The summed E-state index contributed by atoms with van der Waals surface area (Å²) in [6, 6.07) is 5.22. The summed E-state index contributed by atoms with van der Waals surface area (Å²) in [5.74, 6) is -2.00. The summed E-state index contributed by atoms with van der Waals surface area (Å²) < 4.78 is 0. The molecule has 0 spiro atoms. The van der Waals surface area contributed by atoms with Crippen LogP contribution in [0.15, 0.2) is 28.4 Å². The van der Waals surface area contributed by atoms with Crippen LogP contribution in [0.2, 0.25) is 0 Å². The number of phenols is 1. The predicted molar refractivity (Wildman–Crippen MR) is 87.5 cm³/mol. The van der Waals surface area contributed by atoms with E-state index in [1.54, 1.807) is 12.1 Å². The van der Waals surface area contributed by atoms with Gasteiger partial charge in [0, 0.05) is 36.6 Å². The molecule has 0 saturated heterocycles. The number of nitrogens with one attached hydrogen (secondary N) is 2. The van der Waals surface area contributed by atoms with Gasteiger partial charge in [-0.3, -0.25) is 9.59 Å². The van der Waals surface area contributed by atoms with E-state index in [1.165, 1.54) is 12.4 Å². The van der Waals surface area contributed by atoms with Gasteiger partial charge in [-0.2, -0.15) is 10.2 Å². The number of benzene rings is 1. The van der Waals surface area contributed by atoms with Crippen molar-refractivity contribution in [1.29, 1.82) is 0 Å². The fourth-order valence-corrected chi connectivity index (χ4v) is 2.16. The van der Waals surface area contributed by atoms with Crippen LogP contribution in [0.3, 0.4) is 0 Å². The van der Waals surface area contributed by atoms with E-state index in [0.29, 0.717) is 5.56 Å². The first-order chi connectivity index (χ1) is 11.1. The molecule has 8 heteroatoms. The van der Waals surface area contributed by atoms with E-state index < -0.39 is 17.7 Å². The summed E-state index contributed by atoms with van der Waals surface area (Å²) in [5.41, 5.74) is 5.79. The van der Waals surface area contributed by atoms with Gasteiger partial charge in [0.15, 0.2) is 5.92 Å². The first-order valence-corrected chi connectivity index (χ1v) is 7.30. The third-order valence-electron chi connectivity index (χ3n) is 3.48. The zero-order chi connectivity index (χ0) is 16.8. The van der Waals surface area contributed by atoms with Gasteiger partial charge in [-0.05, 0) is 26.0 Å². The predicted octanol–water partition coefficient (Wildman–Crippen LogP) is 0.420. The average molecular weight is 317 g/mol. The largest absolute Gasteiger partial charge is 0.507 e. The Morgan fingerprint density at radius 1 is 1.48 bits per heavy atom. The fraction of sp³-hybridized carbons (Fsp3) is 0.333. The highest BCUT2D eigenvalue weighted by Gasteiger charge is 2.28. The molecule has 1 aliphatic rings. The van der Waals surface area contributed by atoms with Crippen LogP contribution in [0.5, 0.6) is 5.75 Å². The Labute approximate surface area is 133 Å². The molecule has 8 nitrogen and oxygen atoms in total. The van der Waals surface area contributed by atoms with E-state index in [-0.39, 0.29) is 5.75 Å². The molecule has 3 N–H and O–H groups in total. The summed E-state index contributed by atoms with van der Waals surface area (Å²) in [7, 11) is 0. The molecule has 1 unspecified atom stereocenters. The van der Waals surface area contributed by atoms with Crippen molar-refractivity contribution < 1.29 is 14.7 Å². The van der Waals surface area contributed by atoms with Gasteiger partial charge >= 0.3 is 0 Å². The van der Waals surface area contributed by atoms with E-state index in [4.69, 9.17) is 0 Å². The number of anilines is 1. The first kappa shape index (κ1) is 16.5. The van der Waals surface area contributed by atoms with E-state index in [1.807, 2.05) is 19.9 Å². The van der Waals surface area contributed by atoms with Gasteiger partial charge in [0.2, 0.25) is 0 Å². The Balaban J connectivity index is 2.01. The monoisotopic (exact) mass is 317 g/mol. The molecule has 2 amide bonds. The number of hydrogen-bond acceptors (Lipinski definition) is 6. The molecule has 1 atom stereocenters. The van der Waals surface area contributed by atoms with Crippen molar-refractivity contribution in [3.8, 4) is 5.75 Å². The molecule has 1 aromatic carbocycles. The third kappa shape index (κ3) is 3.85. The standard InChI is InChI=1S/C15H19N5O3/c1-3-20(4-2)11-6-5-10(13(21)7-11)8-16-18-14(22)12-9-17-19-15(12)23/h5-9,12,21H,3-4H2,1-2H3,(H,18,22)(H,19,23). The highest BCUT2D eigenvalue weighted by molar-refractivity contribution is 6.15. The zero-order valence-corrected chi connectivity index (χ0v) is 13.0. The quantitative estimate of drug-likeness (QED) is 0.401. The molecule has 23 heavy (non-hydrogen) atoms. The fourth-order valence-electron chi connectivity index (χ4n) is 2.16. The lowest BCUT2D eigenvalue weighted by Gasteiger charge is -2.21. The highest BCUT2D eigenvalue weighted by Crippen LogP contribution is 2.23. The van der Waals surface area contributed by atoms with Crippen LogP contribution in [0.1, 0.15) is 19.4 Å². The number of nitrogens with zero attached hydrogens (tertiary/aromatic N) is 3. The van der Waals surface area contributed by atoms with Crippen molar-refractivity contribution >= 4 is 29.9 Å². The van der Waals surface area contributed by atoms with Gasteiger partial charge in [-0.1, -0.05) is 0 Å². The molecule has 122 valence electrons. The minimum absolute atomic E-state index is 0.0626. The van der Waals surface area contributed by atoms with Gasteiger partial charge < -0.3 is 10.0 Å². The van der Waals surface area contributed by atoms with Crippen LogP contribution < -0.4 is 15.8 Å². The van der Waals surface area contributed by atoms with Gasteiger partial charge in [0.25, 0.3) is 11.8 Å². The molecule has 0 aliphatic carbocycles. The summed E-state index contributed by atoms with van der Waals surface area (Å²) in [5, 5.41) is 17.3.